The topological polar surface area (TPSA) is 68.3 Å². The fourth-order valence-corrected chi connectivity index (χ4v) is 1.28. The molecule has 0 aromatic carbocycles. The second-order valence-corrected chi connectivity index (χ2v) is 3.24. The Labute approximate surface area is 97.8 Å². The van der Waals surface area contributed by atoms with Crippen LogP contribution in [0.4, 0.5) is 5.69 Å². The number of pyridine rings is 1. The van der Waals surface area contributed by atoms with E-state index in [1.807, 2.05) is 0 Å². The second-order valence-electron chi connectivity index (χ2n) is 2.85. The number of rotatable bonds is 4. The van der Waals surface area contributed by atoms with Crippen molar-refractivity contribution in [2.75, 3.05) is 19.0 Å². The fraction of sp³-hybridized carbons (Fsp3) is 0.300. The highest BCUT2D eigenvalue weighted by Crippen LogP contribution is 2.18. The van der Waals surface area contributed by atoms with Crippen molar-refractivity contribution in [3.8, 4) is 0 Å². The molecule has 1 rings (SSSR count). The molecule has 0 aliphatic heterocycles. The van der Waals surface area contributed by atoms with Crippen molar-refractivity contribution in [2.24, 2.45) is 0 Å². The van der Waals surface area contributed by atoms with Gasteiger partial charge in [-0.05, 0) is 13.0 Å². The number of nitrogens with one attached hydrogen (secondary N) is 1. The van der Waals surface area contributed by atoms with Gasteiger partial charge in [0, 0.05) is 18.9 Å². The van der Waals surface area contributed by atoms with Gasteiger partial charge in [-0.2, -0.15) is 0 Å². The normalized spacial score (nSPS) is 9.69. The van der Waals surface area contributed by atoms with Gasteiger partial charge in [-0.1, -0.05) is 11.6 Å². The third-order valence-electron chi connectivity index (χ3n) is 1.85. The third kappa shape index (κ3) is 2.70. The van der Waals surface area contributed by atoms with Crippen molar-refractivity contribution in [1.82, 2.24) is 4.98 Å². The number of aromatic nitrogens is 1. The van der Waals surface area contributed by atoms with E-state index in [0.717, 1.165) is 0 Å². The van der Waals surface area contributed by atoms with Crippen molar-refractivity contribution < 1.29 is 14.3 Å². The quantitative estimate of drug-likeness (QED) is 0.375. The summed E-state index contributed by atoms with van der Waals surface area (Å²) in [4.78, 5) is 26.6. The molecule has 1 aromatic heterocycles. The Morgan fingerprint density at radius 1 is 1.56 bits per heavy atom. The summed E-state index contributed by atoms with van der Waals surface area (Å²) in [6, 6.07) is 1.47. The molecule has 5 nitrogen and oxygen atoms in total. The molecule has 0 spiro atoms. The monoisotopic (exact) mass is 242 g/mol. The lowest BCUT2D eigenvalue weighted by Gasteiger charge is -2.07. The van der Waals surface area contributed by atoms with Crippen molar-refractivity contribution in [3.63, 3.8) is 0 Å². The van der Waals surface area contributed by atoms with E-state index < -0.39 is 11.8 Å². The van der Waals surface area contributed by atoms with Gasteiger partial charge in [0.05, 0.1) is 12.2 Å². The van der Waals surface area contributed by atoms with Crippen LogP contribution in [0, 0.1) is 0 Å². The van der Waals surface area contributed by atoms with Crippen LogP contribution in [0.25, 0.3) is 0 Å². The summed E-state index contributed by atoms with van der Waals surface area (Å²) in [5.74, 6) is -1.64. The predicted octanol–water partition coefficient (Wildman–Crippen LogP) is 1.52. The predicted molar refractivity (Wildman–Crippen MR) is 59.8 cm³/mol. The first-order valence-corrected chi connectivity index (χ1v) is 5.02. The molecule has 6 heteroatoms. The minimum atomic E-state index is -0.900. The van der Waals surface area contributed by atoms with Crippen molar-refractivity contribution in [2.45, 2.75) is 6.92 Å². The van der Waals surface area contributed by atoms with Crippen LogP contribution < -0.4 is 5.32 Å². The number of hydrogen-bond acceptors (Lipinski definition) is 5. The molecule has 0 amide bonds. The third-order valence-corrected chi connectivity index (χ3v) is 2.05. The summed E-state index contributed by atoms with van der Waals surface area (Å²) in [5, 5.41) is 3.00. The van der Waals surface area contributed by atoms with E-state index in [1.165, 1.54) is 12.3 Å². The molecule has 0 saturated carbocycles. The number of anilines is 1. The highest BCUT2D eigenvalue weighted by Gasteiger charge is 2.21. The number of ether oxygens (including phenoxy) is 1. The van der Waals surface area contributed by atoms with Gasteiger partial charge in [-0.3, -0.25) is 4.79 Å². The highest BCUT2D eigenvalue weighted by molar-refractivity contribution is 6.42. The van der Waals surface area contributed by atoms with Crippen LogP contribution >= 0.6 is 11.6 Å². The number of esters is 1. The number of ketones is 1. The van der Waals surface area contributed by atoms with Crippen molar-refractivity contribution >= 4 is 29.0 Å². The van der Waals surface area contributed by atoms with E-state index in [1.54, 1.807) is 14.0 Å². The summed E-state index contributed by atoms with van der Waals surface area (Å²) in [6.07, 6.45) is 1.24. The Morgan fingerprint density at radius 3 is 2.81 bits per heavy atom. The lowest BCUT2D eigenvalue weighted by Crippen LogP contribution is -2.19. The molecule has 1 N–H and O–H groups in total. The van der Waals surface area contributed by atoms with Gasteiger partial charge in [0.15, 0.2) is 0 Å². The van der Waals surface area contributed by atoms with E-state index in [9.17, 15) is 9.59 Å². The Balaban J connectivity index is 3.03. The van der Waals surface area contributed by atoms with Crippen LogP contribution in [0.1, 0.15) is 17.3 Å². The Bertz CT molecular complexity index is 421. The first-order valence-electron chi connectivity index (χ1n) is 4.64. The van der Waals surface area contributed by atoms with E-state index >= 15 is 0 Å². The maximum absolute atomic E-state index is 11.6. The molecular formula is C10H11ClN2O3. The molecule has 86 valence electrons. The van der Waals surface area contributed by atoms with Gasteiger partial charge in [0.25, 0.3) is 5.78 Å². The zero-order valence-corrected chi connectivity index (χ0v) is 9.67. The molecule has 1 heterocycles. The van der Waals surface area contributed by atoms with Gasteiger partial charge in [-0.25, -0.2) is 9.78 Å². The summed E-state index contributed by atoms with van der Waals surface area (Å²) in [6.45, 7) is 1.78. The van der Waals surface area contributed by atoms with Crippen LogP contribution in [-0.4, -0.2) is 30.4 Å². The molecule has 0 aliphatic carbocycles. The number of carbonyl (C=O) groups is 2. The standard InChI is InChI=1S/C10H11ClN2O3/c1-3-16-10(15)9(14)6-5-13-8(11)4-7(6)12-2/h4-5H,3H2,1-2H3,(H,12,13). The van der Waals surface area contributed by atoms with Crippen LogP contribution in [0.3, 0.4) is 0 Å². The SMILES string of the molecule is CCOC(=O)C(=O)c1cnc(Cl)cc1NC. The molecule has 0 atom stereocenters. The summed E-state index contributed by atoms with van der Waals surface area (Å²) in [7, 11) is 1.62. The minimum absolute atomic E-state index is 0.144. The molecule has 0 fully saturated rings. The molecule has 0 bridgehead atoms. The molecule has 0 radical (unpaired) electrons. The second kappa shape index (κ2) is 5.46. The van der Waals surface area contributed by atoms with Gasteiger partial charge in [-0.15, -0.1) is 0 Å². The summed E-state index contributed by atoms with van der Waals surface area (Å²) in [5.41, 5.74) is 0.586. The lowest BCUT2D eigenvalue weighted by molar-refractivity contribution is -0.137. The Hall–Kier alpha value is -1.62. The van der Waals surface area contributed by atoms with Crippen molar-refractivity contribution in [1.29, 1.82) is 0 Å². The summed E-state index contributed by atoms with van der Waals surface area (Å²) >= 11 is 5.66. The summed E-state index contributed by atoms with van der Waals surface area (Å²) < 4.78 is 4.61. The number of halogens is 1. The highest BCUT2D eigenvalue weighted by atomic mass is 35.5. The average Bonchev–Trinajstić information content (AvgIpc) is 2.28. The Morgan fingerprint density at radius 2 is 2.25 bits per heavy atom. The first kappa shape index (κ1) is 12.4. The van der Waals surface area contributed by atoms with Gasteiger partial charge >= 0.3 is 5.97 Å². The number of carbonyl (C=O) groups excluding carboxylic acids is 2. The zero-order valence-electron chi connectivity index (χ0n) is 8.91. The number of nitrogens with zero attached hydrogens (tertiary/aromatic N) is 1. The van der Waals surface area contributed by atoms with E-state index in [4.69, 9.17) is 11.6 Å². The van der Waals surface area contributed by atoms with E-state index in [2.05, 4.69) is 15.0 Å². The molecule has 1 aromatic rings. The molecule has 0 saturated heterocycles. The maximum atomic E-state index is 11.6. The van der Waals surface area contributed by atoms with Gasteiger partial charge < -0.3 is 10.1 Å². The van der Waals surface area contributed by atoms with Crippen LogP contribution in [0.15, 0.2) is 12.3 Å². The van der Waals surface area contributed by atoms with Gasteiger partial charge in [0.2, 0.25) is 0 Å². The minimum Gasteiger partial charge on any atom is -0.460 e. The van der Waals surface area contributed by atoms with Crippen molar-refractivity contribution in [3.05, 3.63) is 23.0 Å². The van der Waals surface area contributed by atoms with Crippen LogP contribution in [0.5, 0.6) is 0 Å². The zero-order chi connectivity index (χ0) is 12.1. The molecule has 0 unspecified atom stereocenters. The number of Topliss-reactive ketones (excluding diaryl/α,β-unsaturated/α-hetero) is 1. The fourth-order valence-electron chi connectivity index (χ4n) is 1.12. The first-order chi connectivity index (χ1) is 7.60. The average molecular weight is 243 g/mol. The Kier molecular flexibility index (Phi) is 4.25. The number of hydrogen-bond donors (Lipinski definition) is 1. The van der Waals surface area contributed by atoms with Crippen LogP contribution in [0.2, 0.25) is 5.15 Å². The largest absolute Gasteiger partial charge is 0.460 e. The molecular weight excluding hydrogens is 232 g/mol. The lowest BCUT2D eigenvalue weighted by atomic mass is 10.1. The van der Waals surface area contributed by atoms with E-state index in [0.29, 0.717) is 5.69 Å². The smallest absolute Gasteiger partial charge is 0.379 e. The molecule has 16 heavy (non-hydrogen) atoms. The van der Waals surface area contributed by atoms with Gasteiger partial charge in [0.1, 0.15) is 5.15 Å². The molecule has 0 aliphatic rings. The van der Waals surface area contributed by atoms with Crippen LogP contribution in [-0.2, 0) is 9.53 Å². The van der Waals surface area contributed by atoms with E-state index in [-0.39, 0.29) is 17.3 Å². The maximum Gasteiger partial charge on any atom is 0.379 e.